The Bertz CT molecular complexity index is 401. The van der Waals surface area contributed by atoms with Crippen LogP contribution in [0.1, 0.15) is 39.2 Å². The largest absolute Gasteiger partial charge is 0.310 e. The van der Waals surface area contributed by atoms with Gasteiger partial charge in [-0.2, -0.15) is 0 Å². The van der Waals surface area contributed by atoms with Crippen LogP contribution in [0.2, 0.25) is 5.02 Å². The van der Waals surface area contributed by atoms with Gasteiger partial charge in [-0.3, -0.25) is 0 Å². The van der Waals surface area contributed by atoms with Crippen LogP contribution in [0.25, 0.3) is 0 Å². The summed E-state index contributed by atoms with van der Waals surface area (Å²) in [6.45, 7) is 7.72. The normalized spacial score (nSPS) is 17.2. The summed E-state index contributed by atoms with van der Waals surface area (Å²) in [5.41, 5.74) is 1.27. The number of rotatable bonds is 6. The minimum Gasteiger partial charge on any atom is -0.310 e. The Morgan fingerprint density at radius 3 is 2.67 bits per heavy atom. The Balaban J connectivity index is 2.08. The predicted molar refractivity (Wildman–Crippen MR) is 81.5 cm³/mol. The van der Waals surface area contributed by atoms with Crippen molar-refractivity contribution in [1.82, 2.24) is 5.32 Å². The Labute approximate surface area is 120 Å². The van der Waals surface area contributed by atoms with Crippen LogP contribution < -0.4 is 5.32 Å². The third-order valence-corrected chi connectivity index (χ3v) is 5.38. The van der Waals surface area contributed by atoms with E-state index in [4.69, 9.17) is 11.6 Å². The van der Waals surface area contributed by atoms with E-state index >= 15 is 0 Å². The van der Waals surface area contributed by atoms with Gasteiger partial charge in [0, 0.05) is 27.8 Å². The fourth-order valence-electron chi connectivity index (χ4n) is 1.69. The smallest absolute Gasteiger partial charge is 0.0462 e. The van der Waals surface area contributed by atoms with Crippen LogP contribution in [-0.2, 0) is 6.54 Å². The van der Waals surface area contributed by atoms with Crippen molar-refractivity contribution in [3.05, 3.63) is 28.8 Å². The molecule has 0 aromatic heterocycles. The Morgan fingerprint density at radius 1 is 1.33 bits per heavy atom. The second kappa shape index (κ2) is 6.31. The van der Waals surface area contributed by atoms with Crippen molar-refractivity contribution in [2.75, 3.05) is 0 Å². The Kier molecular flexibility index (Phi) is 4.99. The summed E-state index contributed by atoms with van der Waals surface area (Å²) in [5.74, 6) is 0.679. The summed E-state index contributed by atoms with van der Waals surface area (Å²) in [6.07, 6.45) is 2.63. The first-order valence-corrected chi connectivity index (χ1v) is 8.01. The molecule has 1 atom stereocenters. The van der Waals surface area contributed by atoms with E-state index in [1.54, 1.807) is 0 Å². The van der Waals surface area contributed by atoms with Crippen LogP contribution in [0.5, 0.6) is 0 Å². The van der Waals surface area contributed by atoms with Gasteiger partial charge in [0.05, 0.1) is 0 Å². The summed E-state index contributed by atoms with van der Waals surface area (Å²) in [7, 11) is 0. The van der Waals surface area contributed by atoms with Gasteiger partial charge in [-0.1, -0.05) is 38.4 Å². The first kappa shape index (κ1) is 14.2. The monoisotopic (exact) mass is 283 g/mol. The molecule has 2 rings (SSSR count). The van der Waals surface area contributed by atoms with Gasteiger partial charge in [-0.25, -0.2) is 0 Å². The summed E-state index contributed by atoms with van der Waals surface area (Å²) in [6, 6.07) is 6.97. The maximum absolute atomic E-state index is 6.34. The van der Waals surface area contributed by atoms with Crippen molar-refractivity contribution < 1.29 is 0 Å². The molecule has 1 unspecified atom stereocenters. The van der Waals surface area contributed by atoms with Gasteiger partial charge in [-0.15, -0.1) is 11.8 Å². The van der Waals surface area contributed by atoms with Crippen LogP contribution in [-0.4, -0.2) is 11.3 Å². The fourth-order valence-corrected chi connectivity index (χ4v) is 3.14. The van der Waals surface area contributed by atoms with Crippen molar-refractivity contribution in [2.45, 2.75) is 56.3 Å². The van der Waals surface area contributed by atoms with E-state index in [9.17, 15) is 0 Å². The van der Waals surface area contributed by atoms with Crippen molar-refractivity contribution in [3.63, 3.8) is 0 Å². The fraction of sp³-hybridized carbons (Fsp3) is 0.600. The van der Waals surface area contributed by atoms with E-state index < -0.39 is 0 Å². The Morgan fingerprint density at radius 2 is 2.06 bits per heavy atom. The molecule has 100 valence electrons. The number of halogens is 1. The molecule has 1 nitrogen and oxygen atoms in total. The van der Waals surface area contributed by atoms with E-state index in [0.717, 1.165) is 17.6 Å². The van der Waals surface area contributed by atoms with Gasteiger partial charge in [0.15, 0.2) is 0 Å². The first-order valence-electron chi connectivity index (χ1n) is 6.75. The molecule has 0 spiro atoms. The van der Waals surface area contributed by atoms with Crippen LogP contribution in [0, 0.1) is 5.92 Å². The highest BCUT2D eigenvalue weighted by atomic mass is 35.5. The minimum atomic E-state index is 0.614. The third-order valence-electron chi connectivity index (χ3n) is 3.47. The molecule has 0 bridgehead atoms. The summed E-state index contributed by atoms with van der Waals surface area (Å²) < 4.78 is 0. The molecular formula is C15H22ClNS. The van der Waals surface area contributed by atoms with E-state index in [1.165, 1.54) is 23.3 Å². The highest BCUT2D eigenvalue weighted by Crippen LogP contribution is 2.34. The van der Waals surface area contributed by atoms with Gasteiger partial charge in [0.1, 0.15) is 0 Å². The topological polar surface area (TPSA) is 12.0 Å². The van der Waals surface area contributed by atoms with Crippen LogP contribution >= 0.6 is 23.4 Å². The zero-order valence-corrected chi connectivity index (χ0v) is 12.9. The second-order valence-corrected chi connectivity index (χ2v) is 7.26. The predicted octanol–water partition coefficient (Wildman–Crippen LogP) is 4.73. The lowest BCUT2D eigenvalue weighted by molar-refractivity contribution is 0.641. The molecule has 1 N–H and O–H groups in total. The van der Waals surface area contributed by atoms with Crippen LogP contribution in [0.15, 0.2) is 23.1 Å². The lowest BCUT2D eigenvalue weighted by Gasteiger charge is -2.18. The van der Waals surface area contributed by atoms with Crippen LogP contribution in [0.4, 0.5) is 0 Å². The number of benzene rings is 1. The molecule has 1 aromatic carbocycles. The average molecular weight is 284 g/mol. The molecule has 0 heterocycles. The van der Waals surface area contributed by atoms with Gasteiger partial charge < -0.3 is 5.32 Å². The molecule has 1 saturated carbocycles. The SMILES string of the molecule is CC(C)C(C)Sc1cccc(Cl)c1CNC1CC1. The maximum atomic E-state index is 6.34. The molecule has 18 heavy (non-hydrogen) atoms. The molecule has 1 aliphatic carbocycles. The third kappa shape index (κ3) is 3.91. The molecule has 0 saturated heterocycles. The molecule has 1 aliphatic rings. The number of hydrogen-bond acceptors (Lipinski definition) is 2. The molecular weight excluding hydrogens is 262 g/mol. The van der Waals surface area contributed by atoms with E-state index in [-0.39, 0.29) is 0 Å². The molecule has 0 radical (unpaired) electrons. The number of hydrogen-bond donors (Lipinski definition) is 1. The quantitative estimate of drug-likeness (QED) is 0.758. The Hall–Kier alpha value is -0.180. The summed E-state index contributed by atoms with van der Waals surface area (Å²) >= 11 is 8.28. The molecule has 1 fully saturated rings. The maximum Gasteiger partial charge on any atom is 0.0462 e. The van der Waals surface area contributed by atoms with Gasteiger partial charge >= 0.3 is 0 Å². The molecule has 1 aromatic rings. The first-order chi connectivity index (χ1) is 8.58. The minimum absolute atomic E-state index is 0.614. The van der Waals surface area contributed by atoms with E-state index in [2.05, 4.69) is 38.2 Å². The molecule has 3 heteroatoms. The summed E-state index contributed by atoms with van der Waals surface area (Å²) in [4.78, 5) is 1.33. The molecule has 0 aliphatic heterocycles. The number of nitrogens with one attached hydrogen (secondary N) is 1. The number of thioether (sulfide) groups is 1. The van der Waals surface area contributed by atoms with Gasteiger partial charge in [0.2, 0.25) is 0 Å². The standard InChI is InChI=1S/C15H22ClNS/c1-10(2)11(3)18-15-6-4-5-14(16)13(15)9-17-12-7-8-12/h4-6,10-12,17H,7-9H2,1-3H3. The average Bonchev–Trinajstić information content (AvgIpc) is 3.12. The van der Waals surface area contributed by atoms with Crippen molar-refractivity contribution in [3.8, 4) is 0 Å². The van der Waals surface area contributed by atoms with Crippen molar-refractivity contribution in [2.24, 2.45) is 5.92 Å². The van der Waals surface area contributed by atoms with Crippen LogP contribution in [0.3, 0.4) is 0 Å². The summed E-state index contributed by atoms with van der Waals surface area (Å²) in [5, 5.41) is 5.07. The molecule has 0 amide bonds. The lowest BCUT2D eigenvalue weighted by atomic mass is 10.2. The second-order valence-electron chi connectivity index (χ2n) is 5.44. The van der Waals surface area contributed by atoms with Gasteiger partial charge in [0.25, 0.3) is 0 Å². The van der Waals surface area contributed by atoms with Crippen molar-refractivity contribution >= 4 is 23.4 Å². The zero-order valence-electron chi connectivity index (χ0n) is 11.4. The zero-order chi connectivity index (χ0) is 13.1. The lowest BCUT2D eigenvalue weighted by Crippen LogP contribution is -2.16. The highest BCUT2D eigenvalue weighted by molar-refractivity contribution is 8.00. The van der Waals surface area contributed by atoms with E-state index in [1.807, 2.05) is 17.8 Å². The van der Waals surface area contributed by atoms with E-state index in [0.29, 0.717) is 11.2 Å². The highest BCUT2D eigenvalue weighted by Gasteiger charge is 2.21. The van der Waals surface area contributed by atoms with Gasteiger partial charge in [-0.05, 0) is 36.5 Å². The van der Waals surface area contributed by atoms with Crippen molar-refractivity contribution in [1.29, 1.82) is 0 Å².